The van der Waals surface area contributed by atoms with Gasteiger partial charge in [-0.25, -0.2) is 9.37 Å². The summed E-state index contributed by atoms with van der Waals surface area (Å²) in [7, 11) is 0. The van der Waals surface area contributed by atoms with Crippen molar-refractivity contribution in [2.75, 3.05) is 5.32 Å². The lowest BCUT2D eigenvalue weighted by Crippen LogP contribution is -1.91. The average Bonchev–Trinajstić information content (AvgIpc) is 2.46. The second-order valence-corrected chi connectivity index (χ2v) is 3.42. The fourth-order valence-corrected chi connectivity index (χ4v) is 1.86. The van der Waals surface area contributed by atoms with Gasteiger partial charge in [0.2, 0.25) is 6.41 Å². The van der Waals surface area contributed by atoms with Crippen molar-refractivity contribution in [3.05, 3.63) is 24.0 Å². The molecule has 0 fully saturated rings. The molecule has 1 aromatic carbocycles. The Hall–Kier alpha value is -1.49. The van der Waals surface area contributed by atoms with Gasteiger partial charge in [-0.2, -0.15) is 0 Å². The topological polar surface area (TPSA) is 42.0 Å². The first kappa shape index (κ1) is 8.12. The minimum Gasteiger partial charge on any atom is -0.305 e. The van der Waals surface area contributed by atoms with Crippen LogP contribution in [-0.2, 0) is 4.79 Å². The zero-order valence-electron chi connectivity index (χ0n) is 6.45. The number of nitrogens with one attached hydrogen (secondary N) is 1. The molecule has 0 radical (unpaired) electrons. The average molecular weight is 196 g/mol. The third kappa shape index (κ3) is 1.50. The normalized spacial score (nSPS) is 10.2. The van der Waals surface area contributed by atoms with Gasteiger partial charge in [-0.05, 0) is 18.2 Å². The molecular weight excluding hydrogens is 191 g/mol. The van der Waals surface area contributed by atoms with Crippen molar-refractivity contribution in [3.63, 3.8) is 0 Å². The summed E-state index contributed by atoms with van der Waals surface area (Å²) >= 11 is 1.24. The predicted molar refractivity (Wildman–Crippen MR) is 49.3 cm³/mol. The van der Waals surface area contributed by atoms with Gasteiger partial charge in [0.15, 0.2) is 5.13 Å². The molecular formula is C8H5FN2OS. The molecule has 0 saturated carbocycles. The van der Waals surface area contributed by atoms with Crippen LogP contribution in [-0.4, -0.2) is 11.4 Å². The van der Waals surface area contributed by atoms with Crippen LogP contribution in [0.25, 0.3) is 10.2 Å². The molecule has 1 heterocycles. The molecule has 66 valence electrons. The first-order chi connectivity index (χ1) is 6.29. The lowest BCUT2D eigenvalue weighted by atomic mass is 10.3. The zero-order valence-corrected chi connectivity index (χ0v) is 7.27. The summed E-state index contributed by atoms with van der Waals surface area (Å²) in [5.41, 5.74) is 0.691. The Morgan fingerprint density at radius 1 is 1.54 bits per heavy atom. The van der Waals surface area contributed by atoms with Crippen LogP contribution in [0.3, 0.4) is 0 Å². The molecule has 2 aromatic rings. The third-order valence-corrected chi connectivity index (χ3v) is 2.48. The van der Waals surface area contributed by atoms with E-state index in [0.29, 0.717) is 17.1 Å². The van der Waals surface area contributed by atoms with Crippen LogP contribution in [0.2, 0.25) is 0 Å². The van der Waals surface area contributed by atoms with Crippen molar-refractivity contribution in [1.82, 2.24) is 4.98 Å². The van der Waals surface area contributed by atoms with Crippen LogP contribution in [0.15, 0.2) is 18.2 Å². The van der Waals surface area contributed by atoms with Crippen molar-refractivity contribution in [1.29, 1.82) is 0 Å². The predicted octanol–water partition coefficient (Wildman–Crippen LogP) is 2.00. The molecule has 3 nitrogen and oxygen atoms in total. The van der Waals surface area contributed by atoms with Crippen LogP contribution in [0, 0.1) is 5.82 Å². The second-order valence-electron chi connectivity index (χ2n) is 2.39. The van der Waals surface area contributed by atoms with Gasteiger partial charge in [0.25, 0.3) is 0 Å². The highest BCUT2D eigenvalue weighted by atomic mass is 32.1. The van der Waals surface area contributed by atoms with E-state index >= 15 is 0 Å². The number of nitrogens with zero attached hydrogens (tertiary/aromatic N) is 1. The summed E-state index contributed by atoms with van der Waals surface area (Å²) in [5, 5.41) is 2.90. The molecule has 0 aliphatic rings. The molecule has 0 unspecified atom stereocenters. The van der Waals surface area contributed by atoms with Gasteiger partial charge < -0.3 is 5.32 Å². The standard InChI is InChI=1S/C8H5FN2OS/c9-5-1-2-6-7(3-5)13-8(11-6)10-4-12/h1-4H,(H,10,11,12). The number of aromatic nitrogens is 1. The van der Waals surface area contributed by atoms with E-state index in [1.165, 1.54) is 23.5 Å². The van der Waals surface area contributed by atoms with Gasteiger partial charge in [-0.3, -0.25) is 4.79 Å². The van der Waals surface area contributed by atoms with E-state index in [1.807, 2.05) is 0 Å². The van der Waals surface area contributed by atoms with E-state index in [1.54, 1.807) is 6.07 Å². The minimum absolute atomic E-state index is 0.297. The van der Waals surface area contributed by atoms with Gasteiger partial charge in [-0.1, -0.05) is 11.3 Å². The highest BCUT2D eigenvalue weighted by molar-refractivity contribution is 7.22. The first-order valence-corrected chi connectivity index (χ1v) is 4.37. The summed E-state index contributed by atoms with van der Waals surface area (Å²) < 4.78 is 13.4. The molecule has 1 N–H and O–H groups in total. The molecule has 0 saturated heterocycles. The Bertz CT molecular complexity index is 454. The maximum atomic E-state index is 12.7. The number of amides is 1. The fourth-order valence-electron chi connectivity index (χ4n) is 1.01. The number of rotatable bonds is 2. The smallest absolute Gasteiger partial charge is 0.213 e. The van der Waals surface area contributed by atoms with Crippen molar-refractivity contribution in [2.45, 2.75) is 0 Å². The third-order valence-electron chi connectivity index (χ3n) is 1.53. The zero-order chi connectivity index (χ0) is 9.26. The molecule has 13 heavy (non-hydrogen) atoms. The Morgan fingerprint density at radius 3 is 3.15 bits per heavy atom. The van der Waals surface area contributed by atoms with Crippen molar-refractivity contribution < 1.29 is 9.18 Å². The Kier molecular flexibility index (Phi) is 1.94. The van der Waals surface area contributed by atoms with E-state index < -0.39 is 0 Å². The quantitative estimate of drug-likeness (QED) is 0.746. The maximum absolute atomic E-state index is 12.7. The second kappa shape index (κ2) is 3.10. The van der Waals surface area contributed by atoms with Crippen molar-refractivity contribution >= 4 is 33.1 Å². The Morgan fingerprint density at radius 2 is 2.38 bits per heavy atom. The number of fused-ring (bicyclic) bond motifs is 1. The SMILES string of the molecule is O=CNc1nc2ccc(F)cc2s1. The molecule has 5 heteroatoms. The number of carbonyl (C=O) groups is 1. The largest absolute Gasteiger partial charge is 0.305 e. The summed E-state index contributed by atoms with van der Waals surface area (Å²) in [5.74, 6) is -0.297. The molecule has 0 spiro atoms. The van der Waals surface area contributed by atoms with E-state index in [4.69, 9.17) is 0 Å². The molecule has 0 bridgehead atoms. The molecule has 0 aliphatic carbocycles. The number of benzene rings is 1. The Labute approximate surface area is 77.2 Å². The van der Waals surface area contributed by atoms with E-state index in [0.717, 1.165) is 4.70 Å². The van der Waals surface area contributed by atoms with Crippen LogP contribution < -0.4 is 5.32 Å². The summed E-state index contributed by atoms with van der Waals surface area (Å²) in [4.78, 5) is 14.2. The summed E-state index contributed by atoms with van der Waals surface area (Å²) in [6.45, 7) is 0. The monoisotopic (exact) mass is 196 g/mol. The number of anilines is 1. The van der Waals surface area contributed by atoms with Gasteiger partial charge in [0, 0.05) is 0 Å². The number of hydrogen-bond donors (Lipinski definition) is 1. The van der Waals surface area contributed by atoms with Gasteiger partial charge in [0.1, 0.15) is 5.82 Å². The van der Waals surface area contributed by atoms with Crippen LogP contribution in [0.1, 0.15) is 0 Å². The lowest BCUT2D eigenvalue weighted by molar-refractivity contribution is -0.105. The highest BCUT2D eigenvalue weighted by Crippen LogP contribution is 2.25. The molecule has 1 amide bonds. The summed E-state index contributed by atoms with van der Waals surface area (Å²) in [6.07, 6.45) is 0.550. The number of thiazole rings is 1. The number of hydrogen-bond acceptors (Lipinski definition) is 3. The Balaban J connectivity index is 2.55. The van der Waals surface area contributed by atoms with Crippen molar-refractivity contribution in [3.8, 4) is 0 Å². The van der Waals surface area contributed by atoms with Crippen LogP contribution in [0.5, 0.6) is 0 Å². The molecule has 1 aromatic heterocycles. The molecule has 0 aliphatic heterocycles. The van der Waals surface area contributed by atoms with E-state index in [9.17, 15) is 9.18 Å². The first-order valence-electron chi connectivity index (χ1n) is 3.56. The minimum atomic E-state index is -0.297. The molecule has 0 atom stereocenters. The number of carbonyl (C=O) groups excluding carboxylic acids is 1. The summed E-state index contributed by atoms with van der Waals surface area (Å²) in [6, 6.07) is 4.31. The van der Waals surface area contributed by atoms with Crippen LogP contribution in [0.4, 0.5) is 9.52 Å². The molecule has 2 rings (SSSR count). The van der Waals surface area contributed by atoms with Crippen LogP contribution >= 0.6 is 11.3 Å². The maximum Gasteiger partial charge on any atom is 0.213 e. The fraction of sp³-hybridized carbons (Fsp3) is 0. The van der Waals surface area contributed by atoms with Gasteiger partial charge >= 0.3 is 0 Å². The lowest BCUT2D eigenvalue weighted by Gasteiger charge is -1.85. The van der Waals surface area contributed by atoms with Gasteiger partial charge in [0.05, 0.1) is 10.2 Å². The highest BCUT2D eigenvalue weighted by Gasteiger charge is 2.02. The van der Waals surface area contributed by atoms with E-state index in [-0.39, 0.29) is 5.82 Å². The number of halogens is 1. The van der Waals surface area contributed by atoms with Gasteiger partial charge in [-0.15, -0.1) is 0 Å². The van der Waals surface area contributed by atoms with Crippen molar-refractivity contribution in [2.24, 2.45) is 0 Å². The van der Waals surface area contributed by atoms with E-state index in [2.05, 4.69) is 10.3 Å².